The topological polar surface area (TPSA) is 55.5 Å². The summed E-state index contributed by atoms with van der Waals surface area (Å²) >= 11 is 0. The first kappa shape index (κ1) is 10.0. The van der Waals surface area contributed by atoms with E-state index in [0.717, 1.165) is 11.3 Å². The molecule has 0 aliphatic rings. The number of aliphatic hydroxyl groups excluding tert-OH is 1. The molecule has 1 rings (SSSR count). The average Bonchev–Trinajstić information content (AvgIpc) is 2.19. The van der Waals surface area contributed by atoms with Gasteiger partial charge in [0.25, 0.3) is 0 Å². The molecule has 0 saturated carbocycles. The van der Waals surface area contributed by atoms with Crippen molar-refractivity contribution in [3.8, 4) is 5.75 Å². The minimum absolute atomic E-state index is 0.158. The van der Waals surface area contributed by atoms with Crippen molar-refractivity contribution in [1.29, 1.82) is 0 Å². The van der Waals surface area contributed by atoms with Crippen LogP contribution in [-0.2, 0) is 6.54 Å². The highest BCUT2D eigenvalue weighted by atomic mass is 16.5. The first-order valence-electron chi connectivity index (χ1n) is 4.40. The van der Waals surface area contributed by atoms with Gasteiger partial charge in [-0.15, -0.1) is 0 Å². The van der Waals surface area contributed by atoms with Gasteiger partial charge in [0, 0.05) is 25.1 Å². The number of rotatable bonds is 5. The van der Waals surface area contributed by atoms with Gasteiger partial charge >= 0.3 is 0 Å². The Kier molecular flexibility index (Phi) is 4.29. The normalized spacial score (nSPS) is 10.0. The number of nitrogens with two attached hydrogens (primary N) is 1. The third kappa shape index (κ3) is 3.05. The molecule has 13 heavy (non-hydrogen) atoms. The molecule has 3 N–H and O–H groups in total. The maximum absolute atomic E-state index is 8.57. The molecule has 0 aliphatic carbocycles. The maximum Gasteiger partial charge on any atom is 0.123 e. The van der Waals surface area contributed by atoms with E-state index >= 15 is 0 Å². The summed E-state index contributed by atoms with van der Waals surface area (Å²) in [5.41, 5.74) is 6.53. The predicted molar refractivity (Wildman–Crippen MR) is 51.5 cm³/mol. The smallest absolute Gasteiger partial charge is 0.123 e. The van der Waals surface area contributed by atoms with E-state index in [1.807, 2.05) is 24.3 Å². The molecule has 0 saturated heterocycles. The predicted octanol–water partition coefficient (Wildman–Crippen LogP) is 0.906. The van der Waals surface area contributed by atoms with E-state index in [-0.39, 0.29) is 6.61 Å². The second-order valence-electron chi connectivity index (χ2n) is 2.74. The van der Waals surface area contributed by atoms with Gasteiger partial charge in [0.1, 0.15) is 5.75 Å². The molecule has 72 valence electrons. The Balaban J connectivity index is 2.54. The lowest BCUT2D eigenvalue weighted by atomic mass is 10.2. The summed E-state index contributed by atoms with van der Waals surface area (Å²) in [5, 5.41) is 8.57. The van der Waals surface area contributed by atoms with Crippen LogP contribution in [0.5, 0.6) is 5.75 Å². The first-order chi connectivity index (χ1) is 6.38. The summed E-state index contributed by atoms with van der Waals surface area (Å²) in [6.07, 6.45) is 0.652. The minimum Gasteiger partial charge on any atom is -0.493 e. The summed E-state index contributed by atoms with van der Waals surface area (Å²) in [4.78, 5) is 0. The van der Waals surface area contributed by atoms with E-state index < -0.39 is 0 Å². The Morgan fingerprint density at radius 2 is 2.08 bits per heavy atom. The van der Waals surface area contributed by atoms with Crippen molar-refractivity contribution < 1.29 is 9.84 Å². The molecule has 0 spiro atoms. The number of hydrogen-bond donors (Lipinski definition) is 2. The van der Waals surface area contributed by atoms with Crippen LogP contribution in [0.3, 0.4) is 0 Å². The molecule has 0 aromatic heterocycles. The number of para-hydroxylation sites is 1. The Labute approximate surface area is 78.1 Å². The Hall–Kier alpha value is -1.06. The lowest BCUT2D eigenvalue weighted by Crippen LogP contribution is -2.04. The lowest BCUT2D eigenvalue weighted by molar-refractivity contribution is 0.232. The van der Waals surface area contributed by atoms with Crippen molar-refractivity contribution in [3.63, 3.8) is 0 Å². The van der Waals surface area contributed by atoms with E-state index in [1.165, 1.54) is 0 Å². The molecule has 0 aliphatic heterocycles. The van der Waals surface area contributed by atoms with Gasteiger partial charge in [-0.3, -0.25) is 0 Å². The highest BCUT2D eigenvalue weighted by Crippen LogP contribution is 2.16. The molecule has 1 aromatic rings. The van der Waals surface area contributed by atoms with Crippen molar-refractivity contribution in [3.05, 3.63) is 29.8 Å². The monoisotopic (exact) mass is 181 g/mol. The molecule has 0 bridgehead atoms. The van der Waals surface area contributed by atoms with Crippen LogP contribution in [0.1, 0.15) is 12.0 Å². The van der Waals surface area contributed by atoms with Crippen molar-refractivity contribution in [2.75, 3.05) is 13.2 Å². The zero-order valence-corrected chi connectivity index (χ0v) is 7.57. The Morgan fingerprint density at radius 1 is 1.31 bits per heavy atom. The third-order valence-corrected chi connectivity index (χ3v) is 1.75. The van der Waals surface area contributed by atoms with Crippen LogP contribution in [-0.4, -0.2) is 18.3 Å². The maximum atomic E-state index is 8.57. The molecule has 0 radical (unpaired) electrons. The molecule has 0 atom stereocenters. The fraction of sp³-hybridized carbons (Fsp3) is 0.400. The number of hydrogen-bond acceptors (Lipinski definition) is 3. The summed E-state index contributed by atoms with van der Waals surface area (Å²) in [7, 11) is 0. The van der Waals surface area contributed by atoms with Crippen molar-refractivity contribution in [2.24, 2.45) is 5.73 Å². The van der Waals surface area contributed by atoms with Crippen LogP contribution in [0.2, 0.25) is 0 Å². The summed E-state index contributed by atoms with van der Waals surface area (Å²) in [6.45, 7) is 1.17. The largest absolute Gasteiger partial charge is 0.493 e. The Morgan fingerprint density at radius 3 is 2.77 bits per heavy atom. The van der Waals surface area contributed by atoms with Crippen LogP contribution < -0.4 is 10.5 Å². The van der Waals surface area contributed by atoms with Crippen LogP contribution >= 0.6 is 0 Å². The van der Waals surface area contributed by atoms with Gasteiger partial charge < -0.3 is 15.6 Å². The van der Waals surface area contributed by atoms with Gasteiger partial charge in [0.05, 0.1) is 6.61 Å². The van der Waals surface area contributed by atoms with Gasteiger partial charge in [-0.2, -0.15) is 0 Å². The summed E-state index contributed by atoms with van der Waals surface area (Å²) in [6, 6.07) is 7.67. The lowest BCUT2D eigenvalue weighted by Gasteiger charge is -2.08. The number of benzene rings is 1. The fourth-order valence-corrected chi connectivity index (χ4v) is 1.06. The van der Waals surface area contributed by atoms with Gasteiger partial charge in [0.2, 0.25) is 0 Å². The molecule has 0 amide bonds. The standard InChI is InChI=1S/C10H15NO2/c11-8-9-4-1-2-5-10(9)13-7-3-6-12/h1-2,4-5,12H,3,6-8,11H2. The molecular weight excluding hydrogens is 166 g/mol. The van der Waals surface area contributed by atoms with Gasteiger partial charge in [-0.1, -0.05) is 18.2 Å². The average molecular weight is 181 g/mol. The molecule has 0 heterocycles. The van der Waals surface area contributed by atoms with Crippen molar-refractivity contribution >= 4 is 0 Å². The third-order valence-electron chi connectivity index (χ3n) is 1.75. The van der Waals surface area contributed by atoms with Crippen LogP contribution in [0, 0.1) is 0 Å². The molecule has 0 unspecified atom stereocenters. The van der Waals surface area contributed by atoms with Crippen LogP contribution in [0.15, 0.2) is 24.3 Å². The van der Waals surface area contributed by atoms with Gasteiger partial charge in [0.15, 0.2) is 0 Å². The van der Waals surface area contributed by atoms with E-state index in [1.54, 1.807) is 0 Å². The molecule has 0 fully saturated rings. The summed E-state index contributed by atoms with van der Waals surface area (Å²) in [5.74, 6) is 0.818. The molecule has 3 nitrogen and oxygen atoms in total. The van der Waals surface area contributed by atoms with Gasteiger partial charge in [-0.25, -0.2) is 0 Å². The van der Waals surface area contributed by atoms with Crippen LogP contribution in [0.25, 0.3) is 0 Å². The van der Waals surface area contributed by atoms with Gasteiger partial charge in [-0.05, 0) is 6.07 Å². The number of ether oxygens (including phenoxy) is 1. The first-order valence-corrected chi connectivity index (χ1v) is 4.40. The number of aliphatic hydroxyl groups is 1. The second-order valence-corrected chi connectivity index (χ2v) is 2.74. The quantitative estimate of drug-likeness (QED) is 0.664. The Bertz CT molecular complexity index is 250. The fourth-order valence-electron chi connectivity index (χ4n) is 1.06. The highest BCUT2D eigenvalue weighted by Gasteiger charge is 1.99. The van der Waals surface area contributed by atoms with E-state index in [0.29, 0.717) is 19.6 Å². The van der Waals surface area contributed by atoms with Crippen LogP contribution in [0.4, 0.5) is 0 Å². The second kappa shape index (κ2) is 5.56. The molecular formula is C10H15NO2. The molecule has 1 aromatic carbocycles. The van der Waals surface area contributed by atoms with E-state index in [9.17, 15) is 0 Å². The summed E-state index contributed by atoms with van der Waals surface area (Å²) < 4.78 is 5.43. The molecule has 3 heteroatoms. The SMILES string of the molecule is NCc1ccccc1OCCCO. The zero-order chi connectivity index (χ0) is 9.52. The minimum atomic E-state index is 0.158. The highest BCUT2D eigenvalue weighted by molar-refractivity contribution is 5.32. The van der Waals surface area contributed by atoms with E-state index in [2.05, 4.69) is 0 Å². The zero-order valence-electron chi connectivity index (χ0n) is 7.57. The van der Waals surface area contributed by atoms with E-state index in [4.69, 9.17) is 15.6 Å². The van der Waals surface area contributed by atoms with Crippen molar-refractivity contribution in [1.82, 2.24) is 0 Å². The van der Waals surface area contributed by atoms with Crippen molar-refractivity contribution in [2.45, 2.75) is 13.0 Å².